The molecule has 0 unspecified atom stereocenters. The number of methoxy groups -OCH3 is 2. The van der Waals surface area contributed by atoms with Gasteiger partial charge in [0.2, 0.25) is 0 Å². The fourth-order valence-electron chi connectivity index (χ4n) is 2.58. The van der Waals surface area contributed by atoms with E-state index in [9.17, 15) is 19.5 Å². The second-order valence-electron chi connectivity index (χ2n) is 5.44. The van der Waals surface area contributed by atoms with Crippen molar-refractivity contribution < 1.29 is 47.9 Å². The highest BCUT2D eigenvalue weighted by Crippen LogP contribution is 2.30. The van der Waals surface area contributed by atoms with Crippen LogP contribution < -0.4 is 0 Å². The van der Waals surface area contributed by atoms with Crippen LogP contribution in [0.25, 0.3) is 0 Å². The molecule has 1 fully saturated rings. The third-order valence-corrected chi connectivity index (χ3v) is 3.46. The zero-order valence-corrected chi connectivity index (χ0v) is 14.8. The molecular formula is C15H24O10. The second kappa shape index (κ2) is 9.66. The Labute approximate surface area is 145 Å². The molecule has 0 aromatic heterocycles. The lowest BCUT2D eigenvalue weighted by atomic mass is 9.94. The highest BCUT2D eigenvalue weighted by Gasteiger charge is 2.53. The molecule has 10 heteroatoms. The van der Waals surface area contributed by atoms with E-state index in [1.807, 2.05) is 0 Å². The largest absolute Gasteiger partial charge is 0.456 e. The topological polar surface area (TPSA) is 127 Å². The van der Waals surface area contributed by atoms with Crippen LogP contribution in [-0.2, 0) is 42.8 Å². The zero-order chi connectivity index (χ0) is 19.1. The van der Waals surface area contributed by atoms with E-state index in [2.05, 4.69) is 0 Å². The highest BCUT2D eigenvalue weighted by molar-refractivity contribution is 5.68. The average molecular weight is 364 g/mol. The smallest absolute Gasteiger partial charge is 0.303 e. The fourth-order valence-corrected chi connectivity index (χ4v) is 2.58. The Morgan fingerprint density at radius 3 is 1.84 bits per heavy atom. The standard InChI is InChI=1S/C15H24O10/c1-7(16)22-12-11(10(21-5)6-20-4)25-15(19)14(24-9(3)18)13(12)23-8(2)17/h10-15,19H,6H2,1-5H3/t10-,11-,12-,13+,14-,15-/m1/s1. The van der Waals surface area contributed by atoms with Crippen LogP contribution in [0.15, 0.2) is 0 Å². The number of carbonyl (C=O) groups is 3. The number of rotatable bonds is 7. The molecule has 25 heavy (non-hydrogen) atoms. The lowest BCUT2D eigenvalue weighted by Crippen LogP contribution is -2.64. The first-order valence-corrected chi connectivity index (χ1v) is 7.58. The van der Waals surface area contributed by atoms with Gasteiger partial charge in [0.1, 0.15) is 12.2 Å². The van der Waals surface area contributed by atoms with Gasteiger partial charge < -0.3 is 33.5 Å². The van der Waals surface area contributed by atoms with E-state index in [4.69, 9.17) is 28.4 Å². The van der Waals surface area contributed by atoms with E-state index in [1.165, 1.54) is 14.2 Å². The Morgan fingerprint density at radius 2 is 1.40 bits per heavy atom. The fraction of sp³-hybridized carbons (Fsp3) is 0.800. The SMILES string of the molecule is COC[C@@H](OC)[C@H]1O[C@@H](O)[C@H](OC(C)=O)[C@@H](OC(C)=O)[C@@H]1OC(C)=O. The normalized spacial score (nSPS) is 30.2. The molecule has 0 radical (unpaired) electrons. The second-order valence-corrected chi connectivity index (χ2v) is 5.44. The number of hydrogen-bond donors (Lipinski definition) is 1. The van der Waals surface area contributed by atoms with Crippen molar-refractivity contribution in [3.63, 3.8) is 0 Å². The molecule has 0 aromatic carbocycles. The van der Waals surface area contributed by atoms with Gasteiger partial charge in [-0.15, -0.1) is 0 Å². The van der Waals surface area contributed by atoms with Gasteiger partial charge in [0.15, 0.2) is 24.6 Å². The molecule has 0 aliphatic carbocycles. The van der Waals surface area contributed by atoms with Gasteiger partial charge in [-0.1, -0.05) is 0 Å². The summed E-state index contributed by atoms with van der Waals surface area (Å²) in [7, 11) is 2.81. The van der Waals surface area contributed by atoms with Crippen molar-refractivity contribution in [2.75, 3.05) is 20.8 Å². The van der Waals surface area contributed by atoms with Gasteiger partial charge >= 0.3 is 17.9 Å². The minimum Gasteiger partial charge on any atom is -0.456 e. The van der Waals surface area contributed by atoms with Crippen LogP contribution in [0, 0.1) is 0 Å². The van der Waals surface area contributed by atoms with Crippen molar-refractivity contribution in [2.24, 2.45) is 0 Å². The maximum Gasteiger partial charge on any atom is 0.303 e. The number of aliphatic hydroxyl groups excluding tert-OH is 1. The van der Waals surface area contributed by atoms with Crippen LogP contribution >= 0.6 is 0 Å². The summed E-state index contributed by atoms with van der Waals surface area (Å²) in [5, 5.41) is 10.2. The molecular weight excluding hydrogens is 340 g/mol. The molecule has 1 aliphatic rings. The quantitative estimate of drug-likeness (QED) is 0.451. The molecule has 0 spiro atoms. The Morgan fingerprint density at radius 1 is 0.920 bits per heavy atom. The zero-order valence-electron chi connectivity index (χ0n) is 14.8. The van der Waals surface area contributed by atoms with Crippen molar-refractivity contribution in [2.45, 2.75) is 57.6 Å². The van der Waals surface area contributed by atoms with Crippen molar-refractivity contribution in [1.29, 1.82) is 0 Å². The van der Waals surface area contributed by atoms with Crippen LogP contribution in [0.4, 0.5) is 0 Å². The van der Waals surface area contributed by atoms with E-state index < -0.39 is 54.7 Å². The first kappa shape index (κ1) is 21.3. The molecule has 144 valence electrons. The molecule has 10 nitrogen and oxygen atoms in total. The number of esters is 3. The van der Waals surface area contributed by atoms with Gasteiger partial charge in [-0.3, -0.25) is 14.4 Å². The van der Waals surface area contributed by atoms with Gasteiger partial charge in [-0.05, 0) is 0 Å². The first-order chi connectivity index (χ1) is 11.7. The minimum atomic E-state index is -1.63. The van der Waals surface area contributed by atoms with Gasteiger partial charge in [-0.2, -0.15) is 0 Å². The molecule has 1 saturated heterocycles. The Balaban J connectivity index is 3.24. The van der Waals surface area contributed by atoms with E-state index in [1.54, 1.807) is 0 Å². The molecule has 1 heterocycles. The number of hydrogen-bond acceptors (Lipinski definition) is 10. The summed E-state index contributed by atoms with van der Waals surface area (Å²) in [4.78, 5) is 34.3. The predicted molar refractivity (Wildman–Crippen MR) is 80.2 cm³/mol. The molecule has 0 aromatic rings. The van der Waals surface area contributed by atoms with Crippen LogP contribution in [-0.4, -0.2) is 80.7 Å². The van der Waals surface area contributed by atoms with Crippen molar-refractivity contribution in [3.05, 3.63) is 0 Å². The summed E-state index contributed by atoms with van der Waals surface area (Å²) in [6.07, 6.45) is -7.25. The molecule has 1 N–H and O–H groups in total. The molecule has 1 aliphatic heterocycles. The van der Waals surface area contributed by atoms with Crippen molar-refractivity contribution in [1.82, 2.24) is 0 Å². The molecule has 0 bridgehead atoms. The Bertz CT molecular complexity index is 479. The lowest BCUT2D eigenvalue weighted by Gasteiger charge is -2.44. The minimum absolute atomic E-state index is 0.0523. The summed E-state index contributed by atoms with van der Waals surface area (Å²) in [5.41, 5.74) is 0. The summed E-state index contributed by atoms with van der Waals surface area (Å²) in [6, 6.07) is 0. The summed E-state index contributed by atoms with van der Waals surface area (Å²) in [6.45, 7) is 3.46. The van der Waals surface area contributed by atoms with E-state index >= 15 is 0 Å². The number of aliphatic hydroxyl groups is 1. The van der Waals surface area contributed by atoms with Gasteiger partial charge in [0, 0.05) is 35.0 Å². The van der Waals surface area contributed by atoms with Crippen molar-refractivity contribution >= 4 is 17.9 Å². The highest BCUT2D eigenvalue weighted by atomic mass is 16.7. The number of ether oxygens (including phenoxy) is 6. The van der Waals surface area contributed by atoms with Crippen LogP contribution in [0.1, 0.15) is 20.8 Å². The molecule has 1 rings (SSSR count). The Hall–Kier alpha value is -1.75. The average Bonchev–Trinajstić information content (AvgIpc) is 2.50. The monoisotopic (exact) mass is 364 g/mol. The molecule has 0 amide bonds. The third kappa shape index (κ3) is 5.92. The maximum absolute atomic E-state index is 11.5. The lowest BCUT2D eigenvalue weighted by molar-refractivity contribution is -0.307. The third-order valence-electron chi connectivity index (χ3n) is 3.46. The molecule has 0 saturated carbocycles. The summed E-state index contributed by atoms with van der Waals surface area (Å²) in [5.74, 6) is -2.13. The van der Waals surface area contributed by atoms with Crippen LogP contribution in [0.5, 0.6) is 0 Å². The van der Waals surface area contributed by atoms with Crippen LogP contribution in [0.2, 0.25) is 0 Å². The Kier molecular flexibility index (Phi) is 8.23. The number of carbonyl (C=O) groups excluding carboxylic acids is 3. The predicted octanol–water partition coefficient (Wildman–Crippen LogP) is -0.840. The van der Waals surface area contributed by atoms with E-state index in [-0.39, 0.29) is 6.61 Å². The summed E-state index contributed by atoms with van der Waals surface area (Å²) >= 11 is 0. The maximum atomic E-state index is 11.5. The van der Waals surface area contributed by atoms with Gasteiger partial charge in [0.05, 0.1) is 6.61 Å². The van der Waals surface area contributed by atoms with Gasteiger partial charge in [0.25, 0.3) is 0 Å². The van der Waals surface area contributed by atoms with Gasteiger partial charge in [-0.25, -0.2) is 0 Å². The molecule has 6 atom stereocenters. The van der Waals surface area contributed by atoms with Crippen LogP contribution in [0.3, 0.4) is 0 Å². The van der Waals surface area contributed by atoms with Crippen molar-refractivity contribution in [3.8, 4) is 0 Å². The van der Waals surface area contributed by atoms with E-state index in [0.717, 1.165) is 20.8 Å². The van der Waals surface area contributed by atoms with E-state index in [0.29, 0.717) is 0 Å². The first-order valence-electron chi connectivity index (χ1n) is 7.58. The summed E-state index contributed by atoms with van der Waals surface area (Å²) < 4.78 is 31.1.